The number of methoxy groups -OCH3 is 1. The predicted molar refractivity (Wildman–Crippen MR) is 106 cm³/mol. The molecule has 1 aliphatic heterocycles. The number of amides is 1. The summed E-state index contributed by atoms with van der Waals surface area (Å²) < 4.78 is 6.35. The molecule has 0 bridgehead atoms. The quantitative estimate of drug-likeness (QED) is 0.702. The molecule has 6 nitrogen and oxygen atoms in total. The Morgan fingerprint density at radius 2 is 2.07 bits per heavy atom. The molecule has 0 fully saturated rings. The lowest BCUT2D eigenvalue weighted by Gasteiger charge is -2.32. The van der Waals surface area contributed by atoms with Gasteiger partial charge >= 0.3 is 5.97 Å². The van der Waals surface area contributed by atoms with Crippen molar-refractivity contribution in [3.63, 3.8) is 0 Å². The van der Waals surface area contributed by atoms with E-state index in [9.17, 15) is 9.59 Å². The molecule has 138 valence electrons. The topological polar surface area (TPSA) is 79.7 Å². The van der Waals surface area contributed by atoms with Crippen LogP contribution in [0.2, 0.25) is 0 Å². The van der Waals surface area contributed by atoms with Crippen molar-refractivity contribution in [2.45, 2.75) is 23.1 Å². The first-order chi connectivity index (χ1) is 13.1. The Morgan fingerprint density at radius 1 is 1.26 bits per heavy atom. The summed E-state index contributed by atoms with van der Waals surface area (Å²) in [5.41, 5.74) is 1.56. The Balaban J connectivity index is 1.71. The average Bonchev–Trinajstić information content (AvgIpc) is 3.07. The van der Waals surface area contributed by atoms with Gasteiger partial charge < -0.3 is 14.7 Å². The van der Waals surface area contributed by atoms with Gasteiger partial charge in [0.1, 0.15) is 16.3 Å². The van der Waals surface area contributed by atoms with E-state index in [4.69, 9.17) is 9.84 Å². The minimum absolute atomic E-state index is 0.202. The van der Waals surface area contributed by atoms with Gasteiger partial charge in [0.2, 0.25) is 5.91 Å². The Kier molecular flexibility index (Phi) is 4.75. The van der Waals surface area contributed by atoms with Crippen LogP contribution in [0, 0.1) is 0 Å². The van der Waals surface area contributed by atoms with E-state index in [0.717, 1.165) is 25.8 Å². The van der Waals surface area contributed by atoms with Gasteiger partial charge in [0, 0.05) is 4.90 Å². The maximum absolute atomic E-state index is 13.0. The van der Waals surface area contributed by atoms with Crippen molar-refractivity contribution in [2.75, 3.05) is 12.0 Å². The Labute approximate surface area is 163 Å². The minimum atomic E-state index is -0.982. The molecule has 0 saturated carbocycles. The minimum Gasteiger partial charge on any atom is -0.494 e. The first-order valence-corrected chi connectivity index (χ1v) is 9.97. The molecule has 0 aliphatic carbocycles. The van der Waals surface area contributed by atoms with Crippen LogP contribution in [-0.4, -0.2) is 34.3 Å². The molecule has 1 aliphatic rings. The number of nitrogens with zero attached hydrogens (tertiary/aromatic N) is 2. The zero-order chi connectivity index (χ0) is 19.0. The smallest absolute Gasteiger partial charge is 0.305 e. The number of aliphatic carboxylic acids is 1. The molecular weight excluding hydrogens is 384 g/mol. The first-order valence-electron chi connectivity index (χ1n) is 8.28. The van der Waals surface area contributed by atoms with Crippen molar-refractivity contribution in [1.29, 1.82) is 0 Å². The molecule has 1 aromatic heterocycles. The van der Waals surface area contributed by atoms with Crippen LogP contribution < -0.4 is 9.64 Å². The van der Waals surface area contributed by atoms with Gasteiger partial charge in [-0.1, -0.05) is 18.2 Å². The third-order valence-electron chi connectivity index (χ3n) is 4.27. The monoisotopic (exact) mass is 400 g/mol. The van der Waals surface area contributed by atoms with Crippen LogP contribution in [0.4, 0.5) is 5.69 Å². The number of rotatable bonds is 5. The van der Waals surface area contributed by atoms with Crippen LogP contribution in [0.25, 0.3) is 10.2 Å². The number of carboxylic acid groups (broad SMARTS) is 1. The fourth-order valence-electron chi connectivity index (χ4n) is 3.06. The van der Waals surface area contributed by atoms with Gasteiger partial charge in [-0.05, 0) is 24.3 Å². The van der Waals surface area contributed by atoms with Gasteiger partial charge in [0.05, 0.1) is 35.7 Å². The summed E-state index contributed by atoms with van der Waals surface area (Å²) in [6.45, 7) is 0.301. The van der Waals surface area contributed by atoms with Crippen molar-refractivity contribution < 1.29 is 19.4 Å². The second-order valence-corrected chi connectivity index (χ2v) is 8.37. The zero-order valence-corrected chi connectivity index (χ0v) is 16.0. The maximum atomic E-state index is 13.0. The maximum Gasteiger partial charge on any atom is 0.305 e. The fraction of sp³-hybridized carbons (Fsp3) is 0.211. The van der Waals surface area contributed by atoms with Crippen molar-refractivity contribution in [1.82, 2.24) is 4.98 Å². The number of carbonyl (C=O) groups is 2. The van der Waals surface area contributed by atoms with Crippen LogP contribution in [0.3, 0.4) is 0 Å². The number of hydrogen-bond donors (Lipinski definition) is 1. The molecule has 8 heteroatoms. The van der Waals surface area contributed by atoms with E-state index in [1.165, 1.54) is 23.1 Å². The summed E-state index contributed by atoms with van der Waals surface area (Å²) >= 11 is 2.81. The summed E-state index contributed by atoms with van der Waals surface area (Å²) in [7, 11) is 1.60. The second-order valence-electron chi connectivity index (χ2n) is 6.01. The molecule has 2 heterocycles. The van der Waals surface area contributed by atoms with E-state index in [2.05, 4.69) is 4.98 Å². The molecular formula is C19H16N2O4S2. The van der Waals surface area contributed by atoms with Crippen molar-refractivity contribution in [3.8, 4) is 5.75 Å². The van der Waals surface area contributed by atoms with Crippen molar-refractivity contribution in [3.05, 3.63) is 47.5 Å². The van der Waals surface area contributed by atoms with Crippen molar-refractivity contribution in [2.24, 2.45) is 0 Å². The summed E-state index contributed by atoms with van der Waals surface area (Å²) in [5.74, 6) is -0.489. The molecule has 2 aromatic carbocycles. The summed E-state index contributed by atoms with van der Waals surface area (Å²) in [5, 5.41) is 9.29. The average molecular weight is 400 g/mol. The van der Waals surface area contributed by atoms with Gasteiger partial charge in [-0.15, -0.1) is 23.1 Å². The SMILES string of the molecule is COc1cccc2sc(CN3C(=O)C(CC(=O)O)Sc4ccccc43)nc12. The van der Waals surface area contributed by atoms with Crippen LogP contribution in [0.1, 0.15) is 11.4 Å². The van der Waals surface area contributed by atoms with E-state index in [0.29, 0.717) is 12.3 Å². The summed E-state index contributed by atoms with van der Waals surface area (Å²) in [4.78, 5) is 31.3. The van der Waals surface area contributed by atoms with Crippen LogP contribution in [0.5, 0.6) is 5.75 Å². The lowest BCUT2D eigenvalue weighted by molar-refractivity contribution is -0.138. The lowest BCUT2D eigenvalue weighted by Crippen LogP contribution is -2.41. The van der Waals surface area contributed by atoms with Gasteiger partial charge in [-0.2, -0.15) is 0 Å². The predicted octanol–water partition coefficient (Wildman–Crippen LogP) is 3.79. The van der Waals surface area contributed by atoms with E-state index in [1.54, 1.807) is 12.0 Å². The molecule has 4 rings (SSSR count). The number of para-hydroxylation sites is 2. The molecule has 0 saturated heterocycles. The molecule has 1 unspecified atom stereocenters. The number of carboxylic acids is 1. The molecule has 1 amide bonds. The summed E-state index contributed by atoms with van der Waals surface area (Å²) in [6.07, 6.45) is -0.206. The number of ether oxygens (including phenoxy) is 1. The second kappa shape index (κ2) is 7.21. The van der Waals surface area contributed by atoms with E-state index < -0.39 is 11.2 Å². The highest BCUT2D eigenvalue weighted by Gasteiger charge is 2.35. The number of thiazole rings is 1. The normalized spacial score (nSPS) is 16.4. The third-order valence-corrected chi connectivity index (χ3v) is 6.52. The number of thioether (sulfide) groups is 1. The van der Waals surface area contributed by atoms with E-state index >= 15 is 0 Å². The highest BCUT2D eigenvalue weighted by atomic mass is 32.2. The first kappa shape index (κ1) is 17.8. The van der Waals surface area contributed by atoms with Crippen LogP contribution in [-0.2, 0) is 16.1 Å². The molecule has 0 radical (unpaired) electrons. The van der Waals surface area contributed by atoms with E-state index in [-0.39, 0.29) is 12.3 Å². The van der Waals surface area contributed by atoms with Crippen LogP contribution >= 0.6 is 23.1 Å². The molecule has 27 heavy (non-hydrogen) atoms. The molecule has 1 atom stereocenters. The number of hydrogen-bond acceptors (Lipinski definition) is 6. The Morgan fingerprint density at radius 3 is 2.85 bits per heavy atom. The Hall–Kier alpha value is -2.58. The van der Waals surface area contributed by atoms with E-state index in [1.807, 2.05) is 42.5 Å². The molecule has 0 spiro atoms. The van der Waals surface area contributed by atoms with Gasteiger partial charge in [0.15, 0.2) is 0 Å². The Bertz CT molecular complexity index is 1030. The standard InChI is InChI=1S/C19H16N2O4S2/c1-25-12-6-4-8-14-18(12)20-16(27-14)10-21-11-5-2-3-7-13(11)26-15(19(21)24)9-17(22)23/h2-8,15H,9-10H2,1H3,(H,22,23). The van der Waals surface area contributed by atoms with Crippen molar-refractivity contribution >= 4 is 50.9 Å². The van der Waals surface area contributed by atoms with Gasteiger partial charge in [-0.25, -0.2) is 4.98 Å². The third kappa shape index (κ3) is 3.38. The van der Waals surface area contributed by atoms with Gasteiger partial charge in [0.25, 0.3) is 0 Å². The highest BCUT2D eigenvalue weighted by Crippen LogP contribution is 2.41. The zero-order valence-electron chi connectivity index (χ0n) is 14.4. The number of fused-ring (bicyclic) bond motifs is 2. The number of aromatic nitrogens is 1. The fourth-order valence-corrected chi connectivity index (χ4v) is 5.25. The summed E-state index contributed by atoms with van der Waals surface area (Å²) in [6, 6.07) is 13.3. The number of benzene rings is 2. The lowest BCUT2D eigenvalue weighted by atomic mass is 10.2. The largest absolute Gasteiger partial charge is 0.494 e. The van der Waals surface area contributed by atoms with Crippen LogP contribution in [0.15, 0.2) is 47.4 Å². The van der Waals surface area contributed by atoms with Gasteiger partial charge in [-0.3, -0.25) is 9.59 Å². The number of anilines is 1. The number of carbonyl (C=O) groups excluding carboxylic acids is 1. The molecule has 1 N–H and O–H groups in total. The highest BCUT2D eigenvalue weighted by molar-refractivity contribution is 8.01. The molecule has 3 aromatic rings.